The summed E-state index contributed by atoms with van der Waals surface area (Å²) in [4.78, 5) is 28.4. The average Bonchev–Trinajstić information content (AvgIpc) is 3.62. The van der Waals surface area contributed by atoms with Crippen molar-refractivity contribution >= 4 is 56.5 Å². The lowest BCUT2D eigenvalue weighted by atomic mass is 9.94. The topological polar surface area (TPSA) is 102 Å². The molecule has 222 valence electrons. The molecule has 5 aromatic rings. The molecule has 1 amide bonds. The maximum Gasteiger partial charge on any atom is 0.301 e. The first-order valence-electron chi connectivity index (χ1n) is 13.5. The number of amides is 1. The number of fused-ring (bicyclic) bond motifs is 1. The van der Waals surface area contributed by atoms with Gasteiger partial charge in [0.1, 0.15) is 11.6 Å². The summed E-state index contributed by atoms with van der Waals surface area (Å²) in [6, 6.07) is 22.2. The summed E-state index contributed by atoms with van der Waals surface area (Å²) in [5.41, 5.74) is 1.82. The number of carbonyl (C=O) groups excluding carboxylic acids is 2. The molecule has 1 saturated heterocycles. The number of benzene rings is 4. The van der Waals surface area contributed by atoms with Crippen LogP contribution in [0.1, 0.15) is 28.3 Å². The summed E-state index contributed by atoms with van der Waals surface area (Å²) in [7, 11) is 2.96. The Hall–Kier alpha value is -4.74. The van der Waals surface area contributed by atoms with Crippen LogP contribution in [0.25, 0.3) is 16.5 Å². The molecular weight excluding hydrogens is 602 g/mol. The van der Waals surface area contributed by atoms with Gasteiger partial charge in [-0.3, -0.25) is 14.5 Å². The predicted molar refractivity (Wildman–Crippen MR) is 169 cm³/mol. The number of methoxy groups -OCH3 is 2. The first kappa shape index (κ1) is 29.3. The van der Waals surface area contributed by atoms with Crippen molar-refractivity contribution in [3.63, 3.8) is 0 Å². The molecule has 11 heteroatoms. The molecule has 2 heterocycles. The maximum atomic E-state index is 14.5. The molecule has 44 heavy (non-hydrogen) atoms. The molecule has 4 aromatic carbocycles. The van der Waals surface area contributed by atoms with Crippen molar-refractivity contribution in [1.82, 2.24) is 10.2 Å². The van der Waals surface area contributed by atoms with E-state index in [1.807, 2.05) is 18.2 Å². The van der Waals surface area contributed by atoms with Crippen LogP contribution in [0.4, 0.5) is 9.52 Å². The van der Waals surface area contributed by atoms with Gasteiger partial charge in [-0.1, -0.05) is 83.8 Å². The Morgan fingerprint density at radius 3 is 2.52 bits per heavy atom. The van der Waals surface area contributed by atoms with Gasteiger partial charge in [-0.05, 0) is 52.6 Å². The maximum absolute atomic E-state index is 14.5. The van der Waals surface area contributed by atoms with Crippen LogP contribution in [0.3, 0.4) is 0 Å². The molecule has 6 rings (SSSR count). The van der Waals surface area contributed by atoms with Gasteiger partial charge in [0.05, 0.1) is 25.8 Å². The second-order valence-electron chi connectivity index (χ2n) is 10.0. The lowest BCUT2D eigenvalue weighted by Gasteiger charge is -2.23. The highest BCUT2D eigenvalue weighted by molar-refractivity contribution is 8.00. The molecule has 0 aliphatic carbocycles. The zero-order valence-corrected chi connectivity index (χ0v) is 25.5. The average molecular weight is 628 g/mol. The highest BCUT2D eigenvalue weighted by Crippen LogP contribution is 2.45. The molecule has 1 aliphatic rings. The van der Waals surface area contributed by atoms with E-state index >= 15 is 0 Å². The SMILES string of the molecule is COc1ccc(C2C(=C(O)c3ccc(C)c(F)c3)C(=O)C(=O)N2c2nnc(SCc3cccc4ccccc34)s2)cc1OC. The number of halogens is 1. The molecule has 0 saturated carbocycles. The number of nitrogens with zero attached hydrogens (tertiary/aromatic N) is 3. The van der Waals surface area contributed by atoms with E-state index in [1.54, 1.807) is 25.1 Å². The fourth-order valence-corrected chi connectivity index (χ4v) is 7.05. The number of Topliss-reactive ketones (excluding diaryl/α,β-unsaturated/α-hetero) is 1. The Morgan fingerprint density at radius 2 is 1.75 bits per heavy atom. The third-order valence-electron chi connectivity index (χ3n) is 7.45. The highest BCUT2D eigenvalue weighted by Gasteiger charge is 2.48. The molecule has 1 aliphatic heterocycles. The Balaban J connectivity index is 1.41. The largest absolute Gasteiger partial charge is 0.507 e. The number of hydrogen-bond donors (Lipinski definition) is 1. The quantitative estimate of drug-likeness (QED) is 0.0641. The molecule has 0 radical (unpaired) electrons. The van der Waals surface area contributed by atoms with Gasteiger partial charge in [0, 0.05) is 11.3 Å². The second-order valence-corrected chi connectivity index (χ2v) is 12.2. The minimum Gasteiger partial charge on any atom is -0.507 e. The van der Waals surface area contributed by atoms with Crippen molar-refractivity contribution in [3.05, 3.63) is 113 Å². The molecular formula is C33H26FN3O5S2. The van der Waals surface area contributed by atoms with Gasteiger partial charge in [0.2, 0.25) is 5.13 Å². The van der Waals surface area contributed by atoms with E-state index in [1.165, 1.54) is 43.0 Å². The van der Waals surface area contributed by atoms with E-state index in [0.29, 0.717) is 32.7 Å². The number of ketones is 1. The van der Waals surface area contributed by atoms with Crippen molar-refractivity contribution < 1.29 is 28.6 Å². The Morgan fingerprint density at radius 1 is 0.977 bits per heavy atom. The van der Waals surface area contributed by atoms with E-state index in [4.69, 9.17) is 9.47 Å². The van der Waals surface area contributed by atoms with Gasteiger partial charge in [0.15, 0.2) is 15.8 Å². The van der Waals surface area contributed by atoms with Crippen molar-refractivity contribution in [2.45, 2.75) is 23.1 Å². The standard InChI is InChI=1S/C33H26FN3O5S2/c1-18-11-12-21(15-24(18)34)29(38)27-28(20-13-14-25(41-2)26(16-20)42-3)37(31(40)30(27)39)32-35-36-33(44-32)43-17-22-9-6-8-19-7-4-5-10-23(19)22/h4-16,28,38H,17H2,1-3H3. The van der Waals surface area contributed by atoms with Crippen molar-refractivity contribution in [3.8, 4) is 11.5 Å². The Kier molecular flexibility index (Phi) is 8.07. The van der Waals surface area contributed by atoms with Crippen LogP contribution >= 0.6 is 23.1 Å². The van der Waals surface area contributed by atoms with Crippen LogP contribution in [-0.2, 0) is 15.3 Å². The van der Waals surface area contributed by atoms with Gasteiger partial charge in [0.25, 0.3) is 5.78 Å². The van der Waals surface area contributed by atoms with Crippen LogP contribution in [0.2, 0.25) is 0 Å². The van der Waals surface area contributed by atoms with Crippen molar-refractivity contribution in [1.29, 1.82) is 0 Å². The molecule has 0 spiro atoms. The smallest absolute Gasteiger partial charge is 0.301 e. The number of thioether (sulfide) groups is 1. The molecule has 1 unspecified atom stereocenters. The molecule has 8 nitrogen and oxygen atoms in total. The number of aliphatic hydroxyl groups is 1. The number of aliphatic hydroxyl groups excluding tert-OH is 1. The number of carbonyl (C=O) groups is 2. The number of hydrogen-bond acceptors (Lipinski definition) is 9. The summed E-state index contributed by atoms with van der Waals surface area (Å²) in [5.74, 6) is -1.45. The molecule has 1 fully saturated rings. The molecule has 1 N–H and O–H groups in total. The minimum absolute atomic E-state index is 0.0696. The van der Waals surface area contributed by atoms with E-state index in [0.717, 1.165) is 33.7 Å². The number of anilines is 1. The van der Waals surface area contributed by atoms with E-state index in [-0.39, 0.29) is 16.3 Å². The highest BCUT2D eigenvalue weighted by atomic mass is 32.2. The second kappa shape index (κ2) is 12.1. The van der Waals surface area contributed by atoms with Gasteiger partial charge in [-0.2, -0.15) is 0 Å². The van der Waals surface area contributed by atoms with E-state index in [2.05, 4.69) is 34.5 Å². The zero-order chi connectivity index (χ0) is 31.0. The minimum atomic E-state index is -1.09. The Labute approximate surface area is 260 Å². The summed E-state index contributed by atoms with van der Waals surface area (Å²) in [5, 5.41) is 22.4. The van der Waals surface area contributed by atoms with Crippen LogP contribution in [0, 0.1) is 12.7 Å². The number of ether oxygens (including phenoxy) is 2. The number of aryl methyl sites for hydroxylation is 1. The summed E-state index contributed by atoms with van der Waals surface area (Å²) in [6.07, 6.45) is 0. The lowest BCUT2D eigenvalue weighted by molar-refractivity contribution is -0.132. The number of aromatic nitrogens is 2. The van der Waals surface area contributed by atoms with Crippen molar-refractivity contribution in [2.24, 2.45) is 0 Å². The van der Waals surface area contributed by atoms with Crippen molar-refractivity contribution in [2.75, 3.05) is 19.1 Å². The van der Waals surface area contributed by atoms with Crippen LogP contribution in [0.5, 0.6) is 11.5 Å². The Bertz CT molecular complexity index is 1950. The fraction of sp³-hybridized carbons (Fsp3) is 0.152. The summed E-state index contributed by atoms with van der Waals surface area (Å²) >= 11 is 2.63. The normalized spacial score (nSPS) is 16.1. The number of rotatable bonds is 8. The first-order chi connectivity index (χ1) is 21.3. The van der Waals surface area contributed by atoms with E-state index < -0.39 is 29.3 Å². The first-order valence-corrected chi connectivity index (χ1v) is 15.3. The summed E-state index contributed by atoms with van der Waals surface area (Å²) in [6.45, 7) is 1.59. The van der Waals surface area contributed by atoms with Gasteiger partial charge < -0.3 is 14.6 Å². The predicted octanol–water partition coefficient (Wildman–Crippen LogP) is 7.07. The monoisotopic (exact) mass is 627 g/mol. The molecule has 1 aromatic heterocycles. The van der Waals surface area contributed by atoms with Crippen LogP contribution < -0.4 is 14.4 Å². The molecule has 0 bridgehead atoms. The third-order valence-corrected chi connectivity index (χ3v) is 9.55. The van der Waals surface area contributed by atoms with Gasteiger partial charge in [-0.25, -0.2) is 4.39 Å². The zero-order valence-electron chi connectivity index (χ0n) is 23.9. The van der Waals surface area contributed by atoms with Crippen LogP contribution in [0.15, 0.2) is 88.8 Å². The lowest BCUT2D eigenvalue weighted by Crippen LogP contribution is -2.29. The van der Waals surface area contributed by atoms with Gasteiger partial charge >= 0.3 is 5.91 Å². The van der Waals surface area contributed by atoms with Crippen LogP contribution in [-0.4, -0.2) is 41.2 Å². The summed E-state index contributed by atoms with van der Waals surface area (Å²) < 4.78 is 25.9. The molecule has 1 atom stereocenters. The third kappa shape index (κ3) is 5.29. The van der Waals surface area contributed by atoms with E-state index in [9.17, 15) is 19.1 Å². The van der Waals surface area contributed by atoms with Gasteiger partial charge in [-0.15, -0.1) is 10.2 Å². The fourth-order valence-electron chi connectivity index (χ4n) is 5.18.